The zero-order chi connectivity index (χ0) is 15.2. The Hall–Kier alpha value is -2.21. The molecule has 0 aliphatic rings. The summed E-state index contributed by atoms with van der Waals surface area (Å²) in [6.45, 7) is 5.03. The SMILES string of the molecule is CCCN(CC(=O)O)Cc1noc(-c2cccc(C)c2)n1. The van der Waals surface area contributed by atoms with Crippen molar-refractivity contribution in [2.75, 3.05) is 13.1 Å². The standard InChI is InChI=1S/C15H19N3O3/c1-3-7-18(10-14(19)20)9-13-16-15(21-17-13)12-6-4-5-11(2)8-12/h4-6,8H,3,7,9-10H2,1-2H3,(H,19,20). The molecule has 0 aliphatic carbocycles. The van der Waals surface area contributed by atoms with Crippen LogP contribution in [0.4, 0.5) is 0 Å². The zero-order valence-corrected chi connectivity index (χ0v) is 12.2. The molecule has 6 heteroatoms. The van der Waals surface area contributed by atoms with E-state index in [4.69, 9.17) is 9.63 Å². The van der Waals surface area contributed by atoms with Gasteiger partial charge in [-0.05, 0) is 32.0 Å². The third kappa shape index (κ3) is 4.39. The van der Waals surface area contributed by atoms with Gasteiger partial charge in [-0.15, -0.1) is 0 Å². The predicted octanol–water partition coefficient (Wildman–Crippen LogP) is 2.34. The molecule has 1 N–H and O–H groups in total. The molecule has 1 heterocycles. The number of aromatic nitrogens is 2. The van der Waals surface area contributed by atoms with Crippen molar-refractivity contribution in [3.8, 4) is 11.5 Å². The van der Waals surface area contributed by atoms with Gasteiger partial charge >= 0.3 is 5.97 Å². The molecule has 2 aromatic rings. The fourth-order valence-corrected chi connectivity index (χ4v) is 2.14. The summed E-state index contributed by atoms with van der Waals surface area (Å²) < 4.78 is 5.25. The van der Waals surface area contributed by atoms with Gasteiger partial charge in [0.1, 0.15) is 0 Å². The summed E-state index contributed by atoms with van der Waals surface area (Å²) in [4.78, 5) is 17.0. The molecule has 0 unspecified atom stereocenters. The Morgan fingerprint density at radius 3 is 2.90 bits per heavy atom. The van der Waals surface area contributed by atoms with Crippen molar-refractivity contribution in [1.82, 2.24) is 15.0 Å². The van der Waals surface area contributed by atoms with E-state index in [1.165, 1.54) is 0 Å². The topological polar surface area (TPSA) is 79.5 Å². The Kier molecular flexibility index (Phi) is 5.05. The Morgan fingerprint density at radius 2 is 2.24 bits per heavy atom. The summed E-state index contributed by atoms with van der Waals surface area (Å²) in [5, 5.41) is 12.8. The van der Waals surface area contributed by atoms with E-state index in [-0.39, 0.29) is 6.54 Å². The van der Waals surface area contributed by atoms with Crippen LogP contribution in [0, 0.1) is 6.92 Å². The summed E-state index contributed by atoms with van der Waals surface area (Å²) in [6.07, 6.45) is 0.871. The summed E-state index contributed by atoms with van der Waals surface area (Å²) in [5.74, 6) is 0.104. The van der Waals surface area contributed by atoms with E-state index in [2.05, 4.69) is 10.1 Å². The van der Waals surface area contributed by atoms with Gasteiger partial charge in [0.25, 0.3) is 5.89 Å². The maximum Gasteiger partial charge on any atom is 0.317 e. The van der Waals surface area contributed by atoms with Crippen LogP contribution in [-0.2, 0) is 11.3 Å². The molecule has 0 radical (unpaired) electrons. The fourth-order valence-electron chi connectivity index (χ4n) is 2.14. The summed E-state index contributed by atoms with van der Waals surface area (Å²) in [5.41, 5.74) is 1.99. The van der Waals surface area contributed by atoms with Crippen molar-refractivity contribution >= 4 is 5.97 Å². The highest BCUT2D eigenvalue weighted by molar-refractivity contribution is 5.69. The van der Waals surface area contributed by atoms with Gasteiger partial charge in [-0.2, -0.15) is 4.98 Å². The number of aryl methyl sites for hydroxylation is 1. The van der Waals surface area contributed by atoms with Crippen LogP contribution in [-0.4, -0.2) is 39.2 Å². The molecule has 0 atom stereocenters. The average Bonchev–Trinajstić information content (AvgIpc) is 2.87. The van der Waals surface area contributed by atoms with E-state index in [9.17, 15) is 4.79 Å². The molecule has 0 fully saturated rings. The molecule has 21 heavy (non-hydrogen) atoms. The maximum absolute atomic E-state index is 10.8. The first-order valence-electron chi connectivity index (χ1n) is 6.92. The van der Waals surface area contributed by atoms with Crippen LogP contribution in [0.5, 0.6) is 0 Å². The second-order valence-corrected chi connectivity index (χ2v) is 4.99. The molecule has 6 nitrogen and oxygen atoms in total. The maximum atomic E-state index is 10.8. The first-order chi connectivity index (χ1) is 10.1. The smallest absolute Gasteiger partial charge is 0.317 e. The number of benzene rings is 1. The molecule has 1 aromatic carbocycles. The lowest BCUT2D eigenvalue weighted by Gasteiger charge is -2.16. The van der Waals surface area contributed by atoms with Gasteiger partial charge in [-0.3, -0.25) is 9.69 Å². The minimum atomic E-state index is -0.856. The lowest BCUT2D eigenvalue weighted by molar-refractivity contribution is -0.138. The van der Waals surface area contributed by atoms with Crippen LogP contribution >= 0.6 is 0 Å². The number of rotatable bonds is 7. The highest BCUT2D eigenvalue weighted by Crippen LogP contribution is 2.18. The van der Waals surface area contributed by atoms with Crippen molar-refractivity contribution in [2.45, 2.75) is 26.8 Å². The number of hydrogen-bond donors (Lipinski definition) is 1. The normalized spacial score (nSPS) is 11.0. The average molecular weight is 289 g/mol. The molecule has 0 saturated heterocycles. The van der Waals surface area contributed by atoms with E-state index in [1.54, 1.807) is 4.90 Å². The minimum absolute atomic E-state index is 0.0256. The quantitative estimate of drug-likeness (QED) is 0.842. The van der Waals surface area contributed by atoms with Gasteiger partial charge in [-0.1, -0.05) is 29.8 Å². The molecular weight excluding hydrogens is 270 g/mol. The fraction of sp³-hybridized carbons (Fsp3) is 0.400. The third-order valence-corrected chi connectivity index (χ3v) is 3.00. The number of hydrogen-bond acceptors (Lipinski definition) is 5. The molecule has 0 saturated carbocycles. The second kappa shape index (κ2) is 6.99. The summed E-state index contributed by atoms with van der Waals surface area (Å²) in [7, 11) is 0. The van der Waals surface area contributed by atoms with E-state index in [0.717, 1.165) is 17.5 Å². The highest BCUT2D eigenvalue weighted by atomic mass is 16.5. The van der Waals surface area contributed by atoms with Crippen molar-refractivity contribution < 1.29 is 14.4 Å². The van der Waals surface area contributed by atoms with E-state index >= 15 is 0 Å². The number of nitrogens with zero attached hydrogens (tertiary/aromatic N) is 3. The first kappa shape index (κ1) is 15.2. The van der Waals surface area contributed by atoms with Crippen molar-refractivity contribution in [3.63, 3.8) is 0 Å². The second-order valence-electron chi connectivity index (χ2n) is 4.99. The molecule has 0 spiro atoms. The van der Waals surface area contributed by atoms with Crippen LogP contribution in [0.15, 0.2) is 28.8 Å². The van der Waals surface area contributed by atoms with Gasteiger partial charge in [0.2, 0.25) is 0 Å². The number of carboxylic acids is 1. The largest absolute Gasteiger partial charge is 0.480 e. The Balaban J connectivity index is 2.10. The molecule has 2 rings (SSSR count). The van der Waals surface area contributed by atoms with Gasteiger partial charge in [0, 0.05) is 5.56 Å². The lowest BCUT2D eigenvalue weighted by Crippen LogP contribution is -2.30. The minimum Gasteiger partial charge on any atom is -0.480 e. The van der Waals surface area contributed by atoms with Gasteiger partial charge in [0.15, 0.2) is 5.82 Å². The molecule has 112 valence electrons. The van der Waals surface area contributed by atoms with Crippen LogP contribution < -0.4 is 0 Å². The van der Waals surface area contributed by atoms with Crippen molar-refractivity contribution in [2.24, 2.45) is 0 Å². The molecule has 0 aliphatic heterocycles. The molecule has 1 aromatic heterocycles. The van der Waals surface area contributed by atoms with Crippen molar-refractivity contribution in [3.05, 3.63) is 35.7 Å². The number of aliphatic carboxylic acids is 1. The molecule has 0 amide bonds. The lowest BCUT2D eigenvalue weighted by atomic mass is 10.1. The van der Waals surface area contributed by atoms with Crippen LogP contribution in [0.3, 0.4) is 0 Å². The van der Waals surface area contributed by atoms with Crippen molar-refractivity contribution in [1.29, 1.82) is 0 Å². The molecule has 0 bridgehead atoms. The van der Waals surface area contributed by atoms with Crippen LogP contribution in [0.2, 0.25) is 0 Å². The summed E-state index contributed by atoms with van der Waals surface area (Å²) >= 11 is 0. The van der Waals surface area contributed by atoms with Gasteiger partial charge in [0.05, 0.1) is 13.1 Å². The zero-order valence-electron chi connectivity index (χ0n) is 12.2. The van der Waals surface area contributed by atoms with Crippen LogP contribution in [0.25, 0.3) is 11.5 Å². The molecular formula is C15H19N3O3. The number of carboxylic acid groups (broad SMARTS) is 1. The summed E-state index contributed by atoms with van der Waals surface area (Å²) in [6, 6.07) is 7.81. The Labute approximate surface area is 123 Å². The monoisotopic (exact) mass is 289 g/mol. The van der Waals surface area contributed by atoms with E-state index in [0.29, 0.717) is 24.8 Å². The van der Waals surface area contributed by atoms with E-state index in [1.807, 2.05) is 38.1 Å². The Bertz CT molecular complexity index is 610. The Morgan fingerprint density at radius 1 is 1.43 bits per heavy atom. The third-order valence-electron chi connectivity index (χ3n) is 3.00. The highest BCUT2D eigenvalue weighted by Gasteiger charge is 2.14. The van der Waals surface area contributed by atoms with E-state index < -0.39 is 5.97 Å². The first-order valence-corrected chi connectivity index (χ1v) is 6.92. The predicted molar refractivity (Wildman–Crippen MR) is 77.7 cm³/mol. The number of carbonyl (C=O) groups is 1. The van der Waals surface area contributed by atoms with Crippen LogP contribution in [0.1, 0.15) is 24.7 Å². The van der Waals surface area contributed by atoms with Gasteiger partial charge < -0.3 is 9.63 Å². The van der Waals surface area contributed by atoms with Gasteiger partial charge in [-0.25, -0.2) is 0 Å².